The molecule has 0 bridgehead atoms. The maximum atomic E-state index is 13.0. The van der Waals surface area contributed by atoms with Crippen LogP contribution >= 0.6 is 7.82 Å². The van der Waals surface area contributed by atoms with E-state index in [1.54, 1.807) is 0 Å². The first kappa shape index (κ1) is 79.4. The van der Waals surface area contributed by atoms with E-state index in [1.165, 1.54) is 180 Å². The number of phosphoric ester groups is 1. The number of aliphatic hydroxyl groups excluding tert-OH is 1. The van der Waals surface area contributed by atoms with Crippen LogP contribution in [0.25, 0.3) is 0 Å². The van der Waals surface area contributed by atoms with Gasteiger partial charge >= 0.3 is 25.7 Å². The summed E-state index contributed by atoms with van der Waals surface area (Å²) in [5.74, 6) is -1.45. The first-order chi connectivity index (χ1) is 40.2. The normalized spacial score (nSPS) is 13.5. The van der Waals surface area contributed by atoms with Crippen LogP contribution in [0.4, 0.5) is 0 Å². The average Bonchev–Trinajstić information content (AvgIpc) is 3.50. The maximum Gasteiger partial charge on any atom is 0.472 e. The van der Waals surface area contributed by atoms with Gasteiger partial charge in [0.05, 0.1) is 19.8 Å². The van der Waals surface area contributed by atoms with Crippen molar-refractivity contribution in [3.8, 4) is 0 Å². The first-order valence-electron chi connectivity index (χ1n) is 34.5. The fourth-order valence-electron chi connectivity index (χ4n) is 10.1. The molecule has 82 heavy (non-hydrogen) atoms. The van der Waals surface area contributed by atoms with E-state index in [-0.39, 0.29) is 25.9 Å². The van der Waals surface area contributed by atoms with Gasteiger partial charge in [-0.25, -0.2) is 4.57 Å². The molecule has 0 aliphatic carbocycles. The van der Waals surface area contributed by atoms with E-state index in [9.17, 15) is 28.9 Å². The fourth-order valence-corrected chi connectivity index (χ4v) is 10.8. The molecular formula is C70H129O11P. The molecule has 0 saturated heterocycles. The van der Waals surface area contributed by atoms with Crippen LogP contribution in [-0.4, -0.2) is 66.5 Å². The number of carbonyl (C=O) groups is 3. The summed E-state index contributed by atoms with van der Waals surface area (Å²) < 4.78 is 39.8. The maximum absolute atomic E-state index is 13.0. The first-order valence-corrected chi connectivity index (χ1v) is 36.0. The van der Waals surface area contributed by atoms with E-state index in [1.807, 2.05) is 0 Å². The van der Waals surface area contributed by atoms with Gasteiger partial charge in [0.2, 0.25) is 0 Å². The van der Waals surface area contributed by atoms with Crippen LogP contribution in [0.15, 0.2) is 48.6 Å². The second kappa shape index (κ2) is 64.4. The van der Waals surface area contributed by atoms with E-state index >= 15 is 0 Å². The Bertz CT molecular complexity index is 1560. The minimum Gasteiger partial charge on any atom is -0.462 e. The molecule has 3 unspecified atom stereocenters. The second-order valence-corrected chi connectivity index (χ2v) is 24.8. The third kappa shape index (κ3) is 62.0. The van der Waals surface area contributed by atoms with Gasteiger partial charge in [0, 0.05) is 19.3 Å². The number of esters is 3. The van der Waals surface area contributed by atoms with Gasteiger partial charge in [0.15, 0.2) is 6.10 Å². The Morgan fingerprint density at radius 3 is 0.976 bits per heavy atom. The predicted molar refractivity (Wildman–Crippen MR) is 344 cm³/mol. The lowest BCUT2D eigenvalue weighted by Crippen LogP contribution is -2.30. The Labute approximate surface area is 504 Å². The standard InChI is InChI=1S/C70H129O11P/c1-4-7-10-13-16-19-22-25-28-31-33-36-39-42-45-48-51-54-57-60-69(73)80-66(62-71)64-78-82(75,76)79-65-67(63-77-68(72)59-56-53-50-47-44-41-38-35-30-27-24-21-18-15-12-9-6-3)81-70(74)61-58-55-52-49-46-43-40-37-34-32-29-26-23-20-17-14-11-8-5-2/h8,11,17,20,26,29,34,37,66-67,71H,4-7,9-10,12-16,18-19,21-25,27-28,30-33,35-36,38-65H2,1-3H3,(H,75,76)/b11-8-,20-17-,29-26-,37-34-. The molecule has 2 N–H and O–H groups in total. The lowest BCUT2D eigenvalue weighted by molar-refractivity contribution is -0.161. The predicted octanol–water partition coefficient (Wildman–Crippen LogP) is 21.3. The van der Waals surface area contributed by atoms with Crippen molar-refractivity contribution in [3.63, 3.8) is 0 Å². The Balaban J connectivity index is 4.65. The van der Waals surface area contributed by atoms with Gasteiger partial charge in [0.1, 0.15) is 12.7 Å². The molecule has 480 valence electrons. The molecule has 12 heteroatoms. The zero-order valence-corrected chi connectivity index (χ0v) is 54.4. The van der Waals surface area contributed by atoms with Crippen LogP contribution < -0.4 is 0 Å². The highest BCUT2D eigenvalue weighted by Gasteiger charge is 2.28. The summed E-state index contributed by atoms with van der Waals surface area (Å²) in [6.07, 6.45) is 72.0. The van der Waals surface area contributed by atoms with Crippen molar-refractivity contribution >= 4 is 25.7 Å². The molecule has 0 aromatic carbocycles. The molecule has 0 aliphatic rings. The number of rotatable bonds is 65. The fraction of sp³-hybridized carbons (Fsp3) is 0.843. The van der Waals surface area contributed by atoms with Crippen molar-refractivity contribution in [1.82, 2.24) is 0 Å². The number of phosphoric acid groups is 1. The van der Waals surface area contributed by atoms with Crippen molar-refractivity contribution in [2.45, 2.75) is 354 Å². The zero-order chi connectivity index (χ0) is 59.8. The summed E-state index contributed by atoms with van der Waals surface area (Å²) in [6.45, 7) is 4.61. The van der Waals surface area contributed by atoms with Gasteiger partial charge in [-0.15, -0.1) is 0 Å². The highest BCUT2D eigenvalue weighted by Crippen LogP contribution is 2.43. The monoisotopic (exact) mass is 1180 g/mol. The largest absolute Gasteiger partial charge is 0.472 e. The van der Waals surface area contributed by atoms with Crippen LogP contribution in [0, 0.1) is 0 Å². The number of unbranched alkanes of at least 4 members (excludes halogenated alkanes) is 40. The zero-order valence-electron chi connectivity index (χ0n) is 53.5. The van der Waals surface area contributed by atoms with Gasteiger partial charge in [-0.05, 0) is 57.8 Å². The molecule has 3 atom stereocenters. The van der Waals surface area contributed by atoms with Crippen molar-refractivity contribution in [3.05, 3.63) is 48.6 Å². The molecule has 0 aliphatic heterocycles. The SMILES string of the molecule is CC/C=C\C/C=C\C/C=C\C/C=C\CCCCCCCCC(=O)OC(COC(=O)CCCCCCCCCCCCCCCCCCC)COP(=O)(O)OCC(CO)OC(=O)CCCCCCCCCCCCCCCCCCCCC. The molecular weight excluding hydrogens is 1050 g/mol. The minimum atomic E-state index is -4.76. The van der Waals surface area contributed by atoms with Crippen molar-refractivity contribution in [1.29, 1.82) is 0 Å². The molecule has 0 aromatic rings. The Morgan fingerprint density at radius 2 is 0.634 bits per heavy atom. The van der Waals surface area contributed by atoms with E-state index in [0.717, 1.165) is 103 Å². The summed E-state index contributed by atoms with van der Waals surface area (Å²) >= 11 is 0. The molecule has 0 aromatic heterocycles. The smallest absolute Gasteiger partial charge is 0.462 e. The molecule has 0 heterocycles. The lowest BCUT2D eigenvalue weighted by atomic mass is 10.0. The topological polar surface area (TPSA) is 155 Å². The quantitative estimate of drug-likeness (QED) is 0.0197. The van der Waals surface area contributed by atoms with E-state index in [2.05, 4.69) is 69.4 Å². The third-order valence-electron chi connectivity index (χ3n) is 15.3. The van der Waals surface area contributed by atoms with Gasteiger partial charge in [-0.3, -0.25) is 23.4 Å². The van der Waals surface area contributed by atoms with Crippen molar-refractivity contribution < 1.29 is 52.2 Å². The summed E-state index contributed by atoms with van der Waals surface area (Å²) in [6, 6.07) is 0. The minimum absolute atomic E-state index is 0.155. The Morgan fingerprint density at radius 1 is 0.354 bits per heavy atom. The van der Waals surface area contributed by atoms with Crippen molar-refractivity contribution in [2.75, 3.05) is 26.4 Å². The number of allylic oxidation sites excluding steroid dienone is 8. The van der Waals surface area contributed by atoms with Crippen LogP contribution in [-0.2, 0) is 42.2 Å². The van der Waals surface area contributed by atoms with Crippen LogP contribution in [0.3, 0.4) is 0 Å². The molecule has 0 amide bonds. The summed E-state index contributed by atoms with van der Waals surface area (Å²) in [5.41, 5.74) is 0. The Hall–Kier alpha value is -2.56. The second-order valence-electron chi connectivity index (χ2n) is 23.3. The molecule has 0 saturated carbocycles. The summed E-state index contributed by atoms with van der Waals surface area (Å²) in [7, 11) is -4.76. The van der Waals surface area contributed by atoms with Crippen LogP contribution in [0.2, 0.25) is 0 Å². The van der Waals surface area contributed by atoms with E-state index < -0.39 is 57.8 Å². The molecule has 0 spiro atoms. The average molecular weight is 1180 g/mol. The number of hydrogen-bond donors (Lipinski definition) is 2. The number of aliphatic hydroxyl groups is 1. The number of hydrogen-bond acceptors (Lipinski definition) is 10. The molecule has 0 fully saturated rings. The van der Waals surface area contributed by atoms with Gasteiger partial charge < -0.3 is 24.2 Å². The van der Waals surface area contributed by atoms with E-state index in [0.29, 0.717) is 19.3 Å². The third-order valence-corrected chi connectivity index (χ3v) is 16.2. The van der Waals surface area contributed by atoms with Crippen molar-refractivity contribution in [2.24, 2.45) is 0 Å². The van der Waals surface area contributed by atoms with Crippen LogP contribution in [0.1, 0.15) is 342 Å². The molecule has 0 rings (SSSR count). The highest BCUT2D eigenvalue weighted by atomic mass is 31.2. The lowest BCUT2D eigenvalue weighted by Gasteiger charge is -2.21. The number of ether oxygens (including phenoxy) is 3. The molecule has 0 radical (unpaired) electrons. The summed E-state index contributed by atoms with van der Waals surface area (Å²) in [4.78, 5) is 48.9. The highest BCUT2D eigenvalue weighted by molar-refractivity contribution is 7.47. The van der Waals surface area contributed by atoms with Gasteiger partial charge in [-0.1, -0.05) is 313 Å². The summed E-state index contributed by atoms with van der Waals surface area (Å²) in [5, 5.41) is 9.88. The Kier molecular flexibility index (Phi) is 62.4. The van der Waals surface area contributed by atoms with Crippen LogP contribution in [0.5, 0.6) is 0 Å². The van der Waals surface area contributed by atoms with Gasteiger partial charge in [-0.2, -0.15) is 0 Å². The van der Waals surface area contributed by atoms with E-state index in [4.69, 9.17) is 23.3 Å². The van der Waals surface area contributed by atoms with Gasteiger partial charge in [0.25, 0.3) is 0 Å². The number of carbonyl (C=O) groups excluding carboxylic acids is 3. The molecule has 11 nitrogen and oxygen atoms in total.